The van der Waals surface area contributed by atoms with E-state index in [0.29, 0.717) is 5.75 Å². The lowest BCUT2D eigenvalue weighted by atomic mass is 10.1. The van der Waals surface area contributed by atoms with Gasteiger partial charge in [-0.05, 0) is 36.8 Å². The third-order valence-electron chi connectivity index (χ3n) is 4.26. The van der Waals surface area contributed by atoms with Crippen LogP contribution in [0.25, 0.3) is 0 Å². The van der Waals surface area contributed by atoms with Crippen LogP contribution in [0.15, 0.2) is 78.9 Å². The first kappa shape index (κ1) is 15.0. The zero-order valence-corrected chi connectivity index (χ0v) is 14.2. The molecule has 4 rings (SSSR count). The van der Waals surface area contributed by atoms with Crippen LogP contribution in [0.3, 0.4) is 0 Å². The molecule has 3 aromatic carbocycles. The van der Waals surface area contributed by atoms with Gasteiger partial charge in [0.25, 0.3) is 0 Å². The van der Waals surface area contributed by atoms with Crippen molar-refractivity contribution in [3.8, 4) is 5.75 Å². The predicted octanol–water partition coefficient (Wildman–Crippen LogP) is 5.10. The second-order valence-corrected chi connectivity index (χ2v) is 8.39. The molecule has 0 saturated heterocycles. The maximum atomic E-state index is 13.9. The van der Waals surface area contributed by atoms with Crippen molar-refractivity contribution in [1.29, 1.82) is 0 Å². The van der Waals surface area contributed by atoms with E-state index in [9.17, 15) is 4.57 Å². The third-order valence-corrected chi connectivity index (χ3v) is 6.86. The van der Waals surface area contributed by atoms with Crippen LogP contribution in [0.2, 0.25) is 0 Å². The minimum Gasteiger partial charge on any atom is -0.436 e. The number of para-hydroxylation sites is 2. The number of aryl methyl sites for hydroxylation is 1. The highest BCUT2D eigenvalue weighted by atomic mass is 31.2. The Balaban J connectivity index is 1.88. The Morgan fingerprint density at radius 1 is 0.875 bits per heavy atom. The molecular formula is C20H18NO2P. The maximum absolute atomic E-state index is 13.9. The molecule has 0 fully saturated rings. The molecule has 0 spiro atoms. The van der Waals surface area contributed by atoms with E-state index in [-0.39, 0.29) is 0 Å². The van der Waals surface area contributed by atoms with E-state index in [2.05, 4.69) is 5.32 Å². The van der Waals surface area contributed by atoms with E-state index in [0.717, 1.165) is 16.6 Å². The number of fused-ring (bicyclic) bond motifs is 1. The zero-order valence-electron chi connectivity index (χ0n) is 13.3. The molecule has 120 valence electrons. The van der Waals surface area contributed by atoms with Crippen LogP contribution in [0.5, 0.6) is 5.75 Å². The maximum Gasteiger partial charge on any atom is 0.303 e. The van der Waals surface area contributed by atoms with Gasteiger partial charge < -0.3 is 9.84 Å². The van der Waals surface area contributed by atoms with Gasteiger partial charge in [0.2, 0.25) is 0 Å². The summed E-state index contributed by atoms with van der Waals surface area (Å²) in [5.41, 5.74) is 3.00. The molecule has 0 aliphatic carbocycles. The molecule has 1 heterocycles. The smallest absolute Gasteiger partial charge is 0.303 e. The molecule has 24 heavy (non-hydrogen) atoms. The van der Waals surface area contributed by atoms with Crippen molar-refractivity contribution in [3.05, 3.63) is 90.0 Å². The van der Waals surface area contributed by atoms with Crippen molar-refractivity contribution in [2.24, 2.45) is 0 Å². The topological polar surface area (TPSA) is 38.3 Å². The van der Waals surface area contributed by atoms with Gasteiger partial charge in [0, 0.05) is 0 Å². The Morgan fingerprint density at radius 3 is 2.29 bits per heavy atom. The first-order chi connectivity index (χ1) is 11.7. The van der Waals surface area contributed by atoms with Gasteiger partial charge in [0.05, 0.1) is 11.0 Å². The average Bonchev–Trinajstić information content (AvgIpc) is 2.63. The highest BCUT2D eigenvalue weighted by Gasteiger charge is 2.42. The first-order valence-corrected chi connectivity index (χ1v) is 9.63. The van der Waals surface area contributed by atoms with E-state index in [1.165, 1.54) is 5.56 Å². The highest BCUT2D eigenvalue weighted by molar-refractivity contribution is 7.67. The van der Waals surface area contributed by atoms with Crippen molar-refractivity contribution < 1.29 is 9.09 Å². The third kappa shape index (κ3) is 2.51. The van der Waals surface area contributed by atoms with Crippen molar-refractivity contribution in [2.45, 2.75) is 12.7 Å². The molecule has 0 radical (unpaired) electrons. The second kappa shape index (κ2) is 5.85. The van der Waals surface area contributed by atoms with Gasteiger partial charge in [0.15, 0.2) is 0 Å². The predicted molar refractivity (Wildman–Crippen MR) is 98.3 cm³/mol. The molecule has 4 heteroatoms. The molecule has 1 N–H and O–H groups in total. The van der Waals surface area contributed by atoms with Crippen molar-refractivity contribution in [1.82, 2.24) is 0 Å². The van der Waals surface area contributed by atoms with Crippen LogP contribution in [0.4, 0.5) is 5.69 Å². The molecule has 0 saturated carbocycles. The summed E-state index contributed by atoms with van der Waals surface area (Å²) in [4.78, 5) is 0. The van der Waals surface area contributed by atoms with Gasteiger partial charge in [-0.3, -0.25) is 4.57 Å². The largest absolute Gasteiger partial charge is 0.436 e. The number of hydrogen-bond acceptors (Lipinski definition) is 3. The summed E-state index contributed by atoms with van der Waals surface area (Å²) in [7, 11) is -3.16. The molecule has 0 unspecified atom stereocenters. The number of nitrogens with one attached hydrogen (secondary N) is 1. The molecule has 2 atom stereocenters. The number of anilines is 1. The highest BCUT2D eigenvalue weighted by Crippen LogP contribution is 2.62. The van der Waals surface area contributed by atoms with Crippen molar-refractivity contribution in [2.75, 3.05) is 5.32 Å². The van der Waals surface area contributed by atoms with E-state index in [4.69, 9.17) is 4.52 Å². The Labute approximate surface area is 141 Å². The molecule has 0 aromatic heterocycles. The van der Waals surface area contributed by atoms with E-state index >= 15 is 0 Å². The van der Waals surface area contributed by atoms with Crippen molar-refractivity contribution >= 4 is 18.4 Å². The normalized spacial score (nSPS) is 22.1. The number of rotatable bonds is 2. The lowest BCUT2D eigenvalue weighted by molar-refractivity contribution is 0.477. The van der Waals surface area contributed by atoms with Gasteiger partial charge in [-0.15, -0.1) is 0 Å². The SMILES string of the molecule is Cc1ccc([C@@H]2Nc3ccccc3O[P@]2(=O)c2ccccc2)cc1. The first-order valence-electron chi connectivity index (χ1n) is 7.94. The monoisotopic (exact) mass is 335 g/mol. The van der Waals surface area contributed by atoms with Crippen LogP contribution < -0.4 is 15.1 Å². The van der Waals surface area contributed by atoms with E-state index in [1.54, 1.807) is 0 Å². The van der Waals surface area contributed by atoms with Gasteiger partial charge in [-0.25, -0.2) is 0 Å². The average molecular weight is 335 g/mol. The van der Waals surface area contributed by atoms with Gasteiger partial charge in [-0.1, -0.05) is 60.2 Å². The lowest BCUT2D eigenvalue weighted by Gasteiger charge is -2.35. The fourth-order valence-corrected chi connectivity index (χ4v) is 5.38. The Bertz CT molecular complexity index is 906. The minimum absolute atomic E-state index is 0.407. The molecular weight excluding hydrogens is 317 g/mol. The standard InChI is InChI=1S/C20H18NO2P/c1-15-11-13-16(14-12-15)20-21-18-9-5-6-10-19(18)23-24(20,22)17-7-3-2-4-8-17/h2-14,20-21H,1H3/t20-,24-/m1/s1. The Hall–Kier alpha value is -2.51. The summed E-state index contributed by atoms with van der Waals surface area (Å²) in [5.74, 6) is 0.225. The summed E-state index contributed by atoms with van der Waals surface area (Å²) < 4.78 is 20.0. The Kier molecular flexibility index (Phi) is 3.66. The van der Waals surface area contributed by atoms with Crippen LogP contribution in [0, 0.1) is 6.92 Å². The van der Waals surface area contributed by atoms with Crippen molar-refractivity contribution in [3.63, 3.8) is 0 Å². The summed E-state index contributed by atoms with van der Waals surface area (Å²) in [5, 5.41) is 4.15. The number of hydrogen-bond donors (Lipinski definition) is 1. The summed E-state index contributed by atoms with van der Waals surface area (Å²) in [6.07, 6.45) is 0. The van der Waals surface area contributed by atoms with Gasteiger partial charge in [-0.2, -0.15) is 0 Å². The Morgan fingerprint density at radius 2 is 1.54 bits per heavy atom. The molecule has 3 nitrogen and oxygen atoms in total. The fraction of sp³-hybridized carbons (Fsp3) is 0.100. The molecule has 3 aromatic rings. The minimum atomic E-state index is -3.16. The van der Waals surface area contributed by atoms with E-state index in [1.807, 2.05) is 85.8 Å². The summed E-state index contributed by atoms with van der Waals surface area (Å²) in [6.45, 7) is 2.04. The van der Waals surface area contributed by atoms with Crippen LogP contribution >= 0.6 is 7.37 Å². The second-order valence-electron chi connectivity index (χ2n) is 5.98. The van der Waals surface area contributed by atoms with Crippen LogP contribution in [-0.4, -0.2) is 0 Å². The molecule has 0 amide bonds. The molecule has 1 aliphatic rings. The van der Waals surface area contributed by atoms with E-state index < -0.39 is 13.2 Å². The lowest BCUT2D eigenvalue weighted by Crippen LogP contribution is -2.25. The van der Waals surface area contributed by atoms with Crippen LogP contribution in [0.1, 0.15) is 16.9 Å². The molecule has 0 bridgehead atoms. The summed E-state index contributed by atoms with van der Waals surface area (Å²) >= 11 is 0. The fourth-order valence-electron chi connectivity index (χ4n) is 2.96. The zero-order chi connectivity index (χ0) is 16.6. The van der Waals surface area contributed by atoms with Gasteiger partial charge >= 0.3 is 7.37 Å². The van der Waals surface area contributed by atoms with Gasteiger partial charge in [0.1, 0.15) is 11.5 Å². The molecule has 1 aliphatic heterocycles. The van der Waals surface area contributed by atoms with Crippen LogP contribution in [-0.2, 0) is 4.57 Å². The quantitative estimate of drug-likeness (QED) is 0.662. The summed E-state index contributed by atoms with van der Waals surface area (Å²) in [6, 6.07) is 25.2. The number of benzene rings is 3.